The van der Waals surface area contributed by atoms with Crippen molar-refractivity contribution in [3.8, 4) is 0 Å². The fourth-order valence-corrected chi connectivity index (χ4v) is 1.74. The van der Waals surface area contributed by atoms with E-state index < -0.39 is 0 Å². The second kappa shape index (κ2) is 10.3. The van der Waals surface area contributed by atoms with Gasteiger partial charge in [-0.15, -0.1) is 0 Å². The van der Waals surface area contributed by atoms with E-state index >= 15 is 0 Å². The van der Waals surface area contributed by atoms with Gasteiger partial charge in [-0.1, -0.05) is 13.8 Å². The highest BCUT2D eigenvalue weighted by atomic mass is 16.5. The van der Waals surface area contributed by atoms with Crippen molar-refractivity contribution >= 4 is 5.96 Å². The maximum atomic E-state index is 5.54. The molecule has 5 heteroatoms. The van der Waals surface area contributed by atoms with Gasteiger partial charge in [-0.05, 0) is 24.5 Å². The van der Waals surface area contributed by atoms with Crippen LogP contribution in [0.25, 0.3) is 0 Å². The van der Waals surface area contributed by atoms with E-state index in [4.69, 9.17) is 4.74 Å². The van der Waals surface area contributed by atoms with Crippen molar-refractivity contribution in [3.05, 3.63) is 24.5 Å². The molecule has 0 bridgehead atoms. The molecule has 0 aromatic carbocycles. The summed E-state index contributed by atoms with van der Waals surface area (Å²) < 4.78 is 7.68. The van der Waals surface area contributed by atoms with Crippen LogP contribution in [-0.4, -0.2) is 43.9 Å². The van der Waals surface area contributed by atoms with Crippen molar-refractivity contribution in [1.82, 2.24) is 15.2 Å². The van der Waals surface area contributed by atoms with Gasteiger partial charge in [0.25, 0.3) is 0 Å². The third-order valence-corrected chi connectivity index (χ3v) is 2.76. The molecular formula is C15H28N4O. The predicted molar refractivity (Wildman–Crippen MR) is 84.1 cm³/mol. The minimum Gasteiger partial charge on any atom is -0.381 e. The number of guanidine groups is 1. The molecule has 0 saturated heterocycles. The summed E-state index contributed by atoms with van der Waals surface area (Å²) in [5, 5.41) is 6.58. The Morgan fingerprint density at radius 3 is 2.55 bits per heavy atom. The number of ether oxygens (including phenoxy) is 1. The number of aliphatic imine (C=N–C) groups is 1. The van der Waals surface area contributed by atoms with Crippen LogP contribution in [0.4, 0.5) is 0 Å². The summed E-state index contributed by atoms with van der Waals surface area (Å²) >= 11 is 0. The molecule has 0 spiro atoms. The smallest absolute Gasteiger partial charge is 0.191 e. The second-order valence-corrected chi connectivity index (χ2v) is 5.17. The van der Waals surface area contributed by atoms with E-state index in [-0.39, 0.29) is 0 Å². The molecule has 0 aliphatic rings. The maximum Gasteiger partial charge on any atom is 0.191 e. The van der Waals surface area contributed by atoms with E-state index in [1.807, 2.05) is 12.1 Å². The number of rotatable bonds is 9. The molecule has 1 rings (SSSR count). The average Bonchev–Trinajstić information content (AvgIpc) is 2.93. The largest absolute Gasteiger partial charge is 0.381 e. The third kappa shape index (κ3) is 7.84. The van der Waals surface area contributed by atoms with E-state index in [1.165, 1.54) is 0 Å². The topological polar surface area (TPSA) is 50.6 Å². The molecule has 0 atom stereocenters. The van der Waals surface area contributed by atoms with Gasteiger partial charge in [-0.25, -0.2) is 0 Å². The summed E-state index contributed by atoms with van der Waals surface area (Å²) in [6, 6.07) is 4.06. The molecule has 0 unspecified atom stereocenters. The van der Waals surface area contributed by atoms with E-state index in [1.54, 1.807) is 7.05 Å². The SMILES string of the molecule is CN=C(NCCCOCC(C)C)NCCn1cccc1. The van der Waals surface area contributed by atoms with Gasteiger partial charge in [0, 0.05) is 52.3 Å². The molecule has 114 valence electrons. The minimum absolute atomic E-state index is 0.603. The van der Waals surface area contributed by atoms with Gasteiger partial charge in [0.1, 0.15) is 0 Å². The van der Waals surface area contributed by atoms with Gasteiger partial charge in [0.15, 0.2) is 5.96 Å². The normalized spacial score (nSPS) is 11.9. The zero-order valence-electron chi connectivity index (χ0n) is 12.9. The minimum atomic E-state index is 0.603. The predicted octanol–water partition coefficient (Wildman–Crippen LogP) is 1.72. The zero-order valence-corrected chi connectivity index (χ0v) is 12.9. The Labute approximate surface area is 122 Å². The van der Waals surface area contributed by atoms with Crippen molar-refractivity contribution < 1.29 is 4.74 Å². The lowest BCUT2D eigenvalue weighted by molar-refractivity contribution is 0.108. The molecule has 0 saturated carbocycles. The van der Waals surface area contributed by atoms with Crippen LogP contribution >= 0.6 is 0 Å². The van der Waals surface area contributed by atoms with Crippen LogP contribution in [-0.2, 0) is 11.3 Å². The molecule has 20 heavy (non-hydrogen) atoms. The van der Waals surface area contributed by atoms with E-state index in [2.05, 4.69) is 46.4 Å². The maximum absolute atomic E-state index is 5.54. The molecule has 1 heterocycles. The van der Waals surface area contributed by atoms with Crippen molar-refractivity contribution in [1.29, 1.82) is 0 Å². The van der Waals surface area contributed by atoms with Crippen molar-refractivity contribution in [2.75, 3.05) is 33.4 Å². The molecule has 0 aliphatic carbocycles. The Balaban J connectivity index is 2.02. The highest BCUT2D eigenvalue weighted by Crippen LogP contribution is 1.93. The molecule has 5 nitrogen and oxygen atoms in total. The molecular weight excluding hydrogens is 252 g/mol. The molecule has 0 amide bonds. The lowest BCUT2D eigenvalue weighted by Crippen LogP contribution is -2.39. The van der Waals surface area contributed by atoms with Crippen LogP contribution < -0.4 is 10.6 Å². The lowest BCUT2D eigenvalue weighted by Gasteiger charge is -2.12. The first kappa shape index (κ1) is 16.6. The summed E-state index contributed by atoms with van der Waals surface area (Å²) in [4.78, 5) is 4.20. The number of aromatic nitrogens is 1. The second-order valence-electron chi connectivity index (χ2n) is 5.17. The lowest BCUT2D eigenvalue weighted by atomic mass is 10.2. The van der Waals surface area contributed by atoms with Gasteiger partial charge in [-0.2, -0.15) is 0 Å². The number of hydrogen-bond acceptors (Lipinski definition) is 2. The van der Waals surface area contributed by atoms with Gasteiger partial charge >= 0.3 is 0 Å². The first-order valence-corrected chi connectivity index (χ1v) is 7.35. The van der Waals surface area contributed by atoms with Crippen LogP contribution in [0.1, 0.15) is 20.3 Å². The van der Waals surface area contributed by atoms with Crippen LogP contribution in [0.15, 0.2) is 29.5 Å². The standard InChI is InChI=1S/C15H28N4O/c1-14(2)13-20-12-6-7-17-15(16-3)18-8-11-19-9-4-5-10-19/h4-5,9-10,14H,6-8,11-13H2,1-3H3,(H2,16,17,18). The highest BCUT2D eigenvalue weighted by Gasteiger charge is 1.97. The molecule has 1 aromatic rings. The molecule has 2 N–H and O–H groups in total. The Kier molecular flexibility index (Phi) is 8.54. The van der Waals surface area contributed by atoms with Crippen LogP contribution in [0.2, 0.25) is 0 Å². The summed E-state index contributed by atoms with van der Waals surface area (Å²) in [5.41, 5.74) is 0. The molecule has 1 aromatic heterocycles. The Morgan fingerprint density at radius 2 is 1.90 bits per heavy atom. The van der Waals surface area contributed by atoms with Crippen LogP contribution in [0.5, 0.6) is 0 Å². The van der Waals surface area contributed by atoms with Gasteiger partial charge in [0.05, 0.1) is 0 Å². The van der Waals surface area contributed by atoms with Gasteiger partial charge < -0.3 is 19.9 Å². The Hall–Kier alpha value is -1.49. The Morgan fingerprint density at radius 1 is 1.20 bits per heavy atom. The number of hydrogen-bond donors (Lipinski definition) is 2. The van der Waals surface area contributed by atoms with E-state index in [0.717, 1.165) is 45.2 Å². The quantitative estimate of drug-likeness (QED) is 0.411. The monoisotopic (exact) mass is 280 g/mol. The first-order valence-electron chi connectivity index (χ1n) is 7.35. The van der Waals surface area contributed by atoms with Crippen molar-refractivity contribution in [2.45, 2.75) is 26.8 Å². The molecule has 0 fully saturated rings. The number of nitrogens with zero attached hydrogens (tertiary/aromatic N) is 2. The molecule has 0 aliphatic heterocycles. The summed E-state index contributed by atoms with van der Waals surface area (Å²) in [5.74, 6) is 1.45. The Bertz CT molecular complexity index is 360. The molecule has 0 radical (unpaired) electrons. The van der Waals surface area contributed by atoms with Gasteiger partial charge in [0.2, 0.25) is 0 Å². The van der Waals surface area contributed by atoms with Crippen molar-refractivity contribution in [3.63, 3.8) is 0 Å². The summed E-state index contributed by atoms with van der Waals surface area (Å²) in [7, 11) is 1.79. The zero-order chi connectivity index (χ0) is 14.6. The average molecular weight is 280 g/mol. The van der Waals surface area contributed by atoms with Gasteiger partial charge in [-0.3, -0.25) is 4.99 Å². The van der Waals surface area contributed by atoms with Crippen LogP contribution in [0.3, 0.4) is 0 Å². The fourth-order valence-electron chi connectivity index (χ4n) is 1.74. The summed E-state index contributed by atoms with van der Waals surface area (Å²) in [6.45, 7) is 8.63. The van der Waals surface area contributed by atoms with Crippen LogP contribution in [0, 0.1) is 5.92 Å². The summed E-state index contributed by atoms with van der Waals surface area (Å²) in [6.07, 6.45) is 5.11. The fraction of sp³-hybridized carbons (Fsp3) is 0.667. The number of nitrogens with one attached hydrogen (secondary N) is 2. The highest BCUT2D eigenvalue weighted by molar-refractivity contribution is 5.79. The first-order chi connectivity index (χ1) is 9.72. The van der Waals surface area contributed by atoms with E-state index in [0.29, 0.717) is 5.92 Å². The third-order valence-electron chi connectivity index (χ3n) is 2.76. The van der Waals surface area contributed by atoms with E-state index in [9.17, 15) is 0 Å². The van der Waals surface area contributed by atoms with Crippen molar-refractivity contribution in [2.24, 2.45) is 10.9 Å².